The third-order valence-corrected chi connectivity index (χ3v) is 4.32. The van der Waals surface area contributed by atoms with Gasteiger partial charge in [-0.3, -0.25) is 14.5 Å². The third kappa shape index (κ3) is 3.72. The van der Waals surface area contributed by atoms with Crippen molar-refractivity contribution in [1.29, 1.82) is 0 Å². The van der Waals surface area contributed by atoms with E-state index in [0.29, 0.717) is 12.1 Å². The first kappa shape index (κ1) is 17.5. The highest BCUT2D eigenvalue weighted by molar-refractivity contribution is 9.10. The van der Waals surface area contributed by atoms with Crippen molar-refractivity contribution >= 4 is 33.8 Å². The van der Waals surface area contributed by atoms with Gasteiger partial charge in [0.05, 0.1) is 0 Å². The van der Waals surface area contributed by atoms with Crippen LogP contribution in [-0.2, 0) is 15.1 Å². The average molecular weight is 382 g/mol. The average Bonchev–Trinajstić information content (AvgIpc) is 2.72. The summed E-state index contributed by atoms with van der Waals surface area (Å²) in [7, 11) is 0. The van der Waals surface area contributed by atoms with Crippen LogP contribution in [0.25, 0.3) is 0 Å². The van der Waals surface area contributed by atoms with Crippen molar-refractivity contribution in [2.75, 3.05) is 13.1 Å². The van der Waals surface area contributed by atoms with Gasteiger partial charge in [0.15, 0.2) is 0 Å². The molecule has 2 rings (SSSR count). The molecule has 124 valence electrons. The number of nitrogens with zero attached hydrogens (tertiary/aromatic N) is 1. The van der Waals surface area contributed by atoms with E-state index in [0.717, 1.165) is 22.2 Å². The number of benzene rings is 1. The summed E-state index contributed by atoms with van der Waals surface area (Å²) in [5.41, 5.74) is -0.496. The first-order valence-electron chi connectivity index (χ1n) is 7.55. The monoisotopic (exact) mass is 381 g/mol. The Labute approximate surface area is 143 Å². The molecule has 4 amide bonds. The number of hydrogen-bond acceptors (Lipinski definition) is 3. The van der Waals surface area contributed by atoms with E-state index in [1.807, 2.05) is 13.0 Å². The molecule has 6 nitrogen and oxygen atoms in total. The molecule has 0 saturated carbocycles. The van der Waals surface area contributed by atoms with Crippen LogP contribution < -0.4 is 10.6 Å². The van der Waals surface area contributed by atoms with Crippen molar-refractivity contribution in [2.24, 2.45) is 0 Å². The maximum atomic E-state index is 12.7. The van der Waals surface area contributed by atoms with Gasteiger partial charge in [-0.15, -0.1) is 0 Å². The van der Waals surface area contributed by atoms with E-state index in [4.69, 9.17) is 0 Å². The van der Waals surface area contributed by atoms with E-state index in [2.05, 4.69) is 26.6 Å². The molecule has 0 spiro atoms. The molecule has 1 heterocycles. The number of carbonyl (C=O) groups is 3. The van der Waals surface area contributed by atoms with E-state index >= 15 is 0 Å². The highest BCUT2D eigenvalue weighted by Gasteiger charge is 2.49. The summed E-state index contributed by atoms with van der Waals surface area (Å²) in [6, 6.07) is 6.64. The molecule has 1 saturated heterocycles. The van der Waals surface area contributed by atoms with Crippen LogP contribution in [0.15, 0.2) is 28.7 Å². The molecule has 0 bridgehead atoms. The zero-order valence-corrected chi connectivity index (χ0v) is 14.8. The second-order valence-electron chi connectivity index (χ2n) is 5.66. The molecule has 0 aliphatic carbocycles. The van der Waals surface area contributed by atoms with Crippen LogP contribution in [0.5, 0.6) is 0 Å². The molecule has 7 heteroatoms. The molecule has 23 heavy (non-hydrogen) atoms. The Morgan fingerprint density at radius 1 is 1.39 bits per heavy atom. The zero-order valence-electron chi connectivity index (χ0n) is 13.2. The van der Waals surface area contributed by atoms with E-state index in [9.17, 15) is 14.4 Å². The van der Waals surface area contributed by atoms with Gasteiger partial charge in [-0.05, 0) is 31.0 Å². The number of rotatable bonds is 6. The Hall–Kier alpha value is -1.89. The number of unbranched alkanes of at least 4 members (excludes halogenated alkanes) is 1. The summed E-state index contributed by atoms with van der Waals surface area (Å²) in [6.45, 7) is 3.94. The lowest BCUT2D eigenvalue weighted by Crippen LogP contribution is -2.43. The Morgan fingerprint density at radius 3 is 2.78 bits per heavy atom. The first-order valence-corrected chi connectivity index (χ1v) is 8.34. The standard InChI is InChI=1S/C16H20BrN3O3/c1-3-4-8-18-13(21)10-20-14(22)16(2,19-15(20)23)11-6-5-7-12(17)9-11/h5-7,9H,3-4,8,10H2,1-2H3,(H,18,21)(H,19,23)/t16-/m1/s1. The van der Waals surface area contributed by atoms with Gasteiger partial charge < -0.3 is 10.6 Å². The number of nitrogens with one attached hydrogen (secondary N) is 2. The van der Waals surface area contributed by atoms with Crippen molar-refractivity contribution < 1.29 is 14.4 Å². The van der Waals surface area contributed by atoms with Gasteiger partial charge in [-0.2, -0.15) is 0 Å². The number of imide groups is 1. The Bertz CT molecular complexity index is 635. The van der Waals surface area contributed by atoms with Gasteiger partial charge in [0, 0.05) is 11.0 Å². The number of carbonyl (C=O) groups excluding carboxylic acids is 3. The summed E-state index contributed by atoms with van der Waals surface area (Å²) in [5.74, 6) is -0.758. The molecule has 0 radical (unpaired) electrons. The Morgan fingerprint density at radius 2 is 2.13 bits per heavy atom. The molecule has 0 unspecified atom stereocenters. The maximum absolute atomic E-state index is 12.7. The van der Waals surface area contributed by atoms with Gasteiger partial charge in [0.25, 0.3) is 5.91 Å². The second kappa shape index (κ2) is 7.12. The summed E-state index contributed by atoms with van der Waals surface area (Å²) < 4.78 is 0.814. The van der Waals surface area contributed by atoms with Crippen LogP contribution in [-0.4, -0.2) is 35.8 Å². The molecule has 0 aromatic heterocycles. The van der Waals surface area contributed by atoms with Gasteiger partial charge in [0.2, 0.25) is 5.91 Å². The molecular weight excluding hydrogens is 362 g/mol. The van der Waals surface area contributed by atoms with Crippen molar-refractivity contribution in [2.45, 2.75) is 32.2 Å². The topological polar surface area (TPSA) is 78.5 Å². The molecule has 1 aliphatic heterocycles. The number of amides is 4. The lowest BCUT2D eigenvalue weighted by Gasteiger charge is -2.22. The highest BCUT2D eigenvalue weighted by atomic mass is 79.9. The summed E-state index contributed by atoms with van der Waals surface area (Å²) in [4.78, 5) is 37.6. The molecule has 1 atom stereocenters. The second-order valence-corrected chi connectivity index (χ2v) is 6.58. The molecular formula is C16H20BrN3O3. The molecule has 1 aromatic rings. The van der Waals surface area contributed by atoms with Crippen LogP contribution in [0.1, 0.15) is 32.3 Å². The lowest BCUT2D eigenvalue weighted by atomic mass is 9.92. The summed E-state index contributed by atoms with van der Waals surface area (Å²) in [5, 5.41) is 5.39. The minimum Gasteiger partial charge on any atom is -0.355 e. The highest BCUT2D eigenvalue weighted by Crippen LogP contribution is 2.30. The van der Waals surface area contributed by atoms with Crippen LogP contribution in [0.3, 0.4) is 0 Å². The fourth-order valence-corrected chi connectivity index (χ4v) is 2.84. The van der Waals surface area contributed by atoms with Gasteiger partial charge in [-0.25, -0.2) is 4.79 Å². The zero-order chi connectivity index (χ0) is 17.0. The lowest BCUT2D eigenvalue weighted by molar-refractivity contribution is -0.134. The van der Waals surface area contributed by atoms with Crippen molar-refractivity contribution in [3.63, 3.8) is 0 Å². The normalized spacial score (nSPS) is 20.6. The predicted molar refractivity (Wildman–Crippen MR) is 89.7 cm³/mol. The van der Waals surface area contributed by atoms with E-state index < -0.39 is 17.5 Å². The molecule has 1 fully saturated rings. The van der Waals surface area contributed by atoms with Gasteiger partial charge >= 0.3 is 6.03 Å². The fraction of sp³-hybridized carbons (Fsp3) is 0.438. The first-order chi connectivity index (χ1) is 10.9. The predicted octanol–water partition coefficient (Wildman–Crippen LogP) is 2.13. The third-order valence-electron chi connectivity index (χ3n) is 3.83. The molecule has 1 aromatic carbocycles. The Balaban J connectivity index is 2.12. The van der Waals surface area contributed by atoms with Crippen LogP contribution in [0.2, 0.25) is 0 Å². The van der Waals surface area contributed by atoms with Crippen LogP contribution >= 0.6 is 15.9 Å². The molecule has 2 N–H and O–H groups in total. The fourth-order valence-electron chi connectivity index (χ4n) is 2.44. The van der Waals surface area contributed by atoms with Crippen molar-refractivity contribution in [3.05, 3.63) is 34.3 Å². The van der Waals surface area contributed by atoms with Crippen LogP contribution in [0.4, 0.5) is 4.79 Å². The largest absolute Gasteiger partial charge is 0.355 e. The summed E-state index contributed by atoms with van der Waals surface area (Å²) in [6.07, 6.45) is 1.83. The van der Waals surface area contributed by atoms with E-state index in [1.165, 1.54) is 0 Å². The van der Waals surface area contributed by atoms with Crippen molar-refractivity contribution in [3.8, 4) is 0 Å². The van der Waals surface area contributed by atoms with Crippen LogP contribution in [0, 0.1) is 0 Å². The SMILES string of the molecule is CCCCNC(=O)CN1C(=O)N[C@](C)(c2cccc(Br)c2)C1=O. The number of urea groups is 1. The quantitative estimate of drug-likeness (QED) is 0.585. The minimum atomic E-state index is -1.16. The van der Waals surface area contributed by atoms with Gasteiger partial charge in [-0.1, -0.05) is 41.4 Å². The smallest absolute Gasteiger partial charge is 0.325 e. The maximum Gasteiger partial charge on any atom is 0.325 e. The van der Waals surface area contributed by atoms with Gasteiger partial charge in [0.1, 0.15) is 12.1 Å². The number of halogens is 1. The van der Waals surface area contributed by atoms with Crippen molar-refractivity contribution in [1.82, 2.24) is 15.5 Å². The molecule has 1 aliphatic rings. The Kier molecular flexibility index (Phi) is 5.41. The summed E-state index contributed by atoms with van der Waals surface area (Å²) >= 11 is 3.36. The van der Waals surface area contributed by atoms with E-state index in [-0.39, 0.29) is 12.5 Å². The van der Waals surface area contributed by atoms with E-state index in [1.54, 1.807) is 25.1 Å². The number of hydrogen-bond donors (Lipinski definition) is 2. The minimum absolute atomic E-state index is 0.266.